The third-order valence-electron chi connectivity index (χ3n) is 1.54. The fourth-order valence-electron chi connectivity index (χ4n) is 0.919. The van der Waals surface area contributed by atoms with E-state index in [9.17, 15) is 4.79 Å². The molecule has 84 valence electrons. The quantitative estimate of drug-likeness (QED) is 0.525. The van der Waals surface area contributed by atoms with Crippen LogP contribution in [0.2, 0.25) is 0 Å². The third-order valence-corrected chi connectivity index (χ3v) is 1.54. The van der Waals surface area contributed by atoms with Gasteiger partial charge in [0.1, 0.15) is 5.60 Å². The minimum absolute atomic E-state index is 0.267. The number of nitrogens with zero attached hydrogens (tertiary/aromatic N) is 1. The predicted octanol–water partition coefficient (Wildman–Crippen LogP) is 2.43. The topological polar surface area (TPSA) is 29.5 Å². The second-order valence-corrected chi connectivity index (χ2v) is 4.18. The van der Waals surface area contributed by atoms with Crippen molar-refractivity contribution in [1.82, 2.24) is 4.90 Å². The number of amides is 1. The van der Waals surface area contributed by atoms with Crippen LogP contribution in [0.15, 0.2) is 12.7 Å². The highest BCUT2D eigenvalue weighted by Gasteiger charge is 2.20. The van der Waals surface area contributed by atoms with Crippen molar-refractivity contribution in [2.75, 3.05) is 13.1 Å². The van der Waals surface area contributed by atoms with Crippen molar-refractivity contribution in [3.63, 3.8) is 0 Å². The zero-order chi connectivity index (χ0) is 11.9. The van der Waals surface area contributed by atoms with E-state index in [-0.39, 0.29) is 12.6 Å². The van der Waals surface area contributed by atoms with Crippen molar-refractivity contribution >= 4 is 6.09 Å². The lowest BCUT2D eigenvalue weighted by Crippen LogP contribution is -2.37. The monoisotopic (exact) mass is 209 g/mol. The maximum atomic E-state index is 11.6. The second kappa shape index (κ2) is 6.13. The van der Waals surface area contributed by atoms with Gasteiger partial charge < -0.3 is 4.74 Å². The van der Waals surface area contributed by atoms with Crippen LogP contribution >= 0.6 is 0 Å². The first-order valence-corrected chi connectivity index (χ1v) is 4.93. The molecule has 0 aromatic heterocycles. The second-order valence-electron chi connectivity index (χ2n) is 4.18. The molecular formula is C12H19NO2. The van der Waals surface area contributed by atoms with Crippen molar-refractivity contribution in [1.29, 1.82) is 0 Å². The van der Waals surface area contributed by atoms with Crippen LogP contribution in [0.25, 0.3) is 0 Å². The fraction of sp³-hybridized carbons (Fsp3) is 0.583. The number of hydrogen-bond donors (Lipinski definition) is 0. The summed E-state index contributed by atoms with van der Waals surface area (Å²) in [6.45, 7) is 9.88. The zero-order valence-corrected chi connectivity index (χ0v) is 9.75. The molecule has 0 saturated carbocycles. The van der Waals surface area contributed by atoms with E-state index in [2.05, 4.69) is 12.5 Å². The highest BCUT2D eigenvalue weighted by molar-refractivity contribution is 5.68. The Hall–Kier alpha value is -1.43. The van der Waals surface area contributed by atoms with E-state index >= 15 is 0 Å². The van der Waals surface area contributed by atoms with Crippen molar-refractivity contribution in [2.45, 2.75) is 32.8 Å². The molecule has 15 heavy (non-hydrogen) atoms. The Morgan fingerprint density at radius 2 is 2.20 bits per heavy atom. The highest BCUT2D eigenvalue weighted by Crippen LogP contribution is 2.09. The first kappa shape index (κ1) is 13.6. The van der Waals surface area contributed by atoms with E-state index in [1.165, 1.54) is 4.90 Å². The van der Waals surface area contributed by atoms with Crippen LogP contribution in [0.5, 0.6) is 0 Å². The molecule has 0 rings (SSSR count). The minimum Gasteiger partial charge on any atom is -0.444 e. The SMILES string of the molecule is C#CCN(CCC=C)C(=O)OC(C)(C)C. The van der Waals surface area contributed by atoms with Crippen molar-refractivity contribution in [2.24, 2.45) is 0 Å². The number of hydrogen-bond acceptors (Lipinski definition) is 2. The highest BCUT2D eigenvalue weighted by atomic mass is 16.6. The lowest BCUT2D eigenvalue weighted by molar-refractivity contribution is 0.0278. The van der Waals surface area contributed by atoms with Crippen molar-refractivity contribution in [3.8, 4) is 12.3 Å². The average molecular weight is 209 g/mol. The maximum Gasteiger partial charge on any atom is 0.411 e. The van der Waals surface area contributed by atoms with Gasteiger partial charge in [0.25, 0.3) is 0 Å². The van der Waals surface area contributed by atoms with E-state index in [1.54, 1.807) is 6.08 Å². The first-order chi connectivity index (χ1) is 6.90. The summed E-state index contributed by atoms with van der Waals surface area (Å²) in [4.78, 5) is 13.1. The molecule has 0 unspecified atom stereocenters. The summed E-state index contributed by atoms with van der Waals surface area (Å²) in [6, 6.07) is 0. The Bertz CT molecular complexity index is 258. The van der Waals surface area contributed by atoms with Crippen LogP contribution in [0.4, 0.5) is 4.79 Å². The Morgan fingerprint density at radius 1 is 1.60 bits per heavy atom. The van der Waals surface area contributed by atoms with Crippen LogP contribution in [0.1, 0.15) is 27.2 Å². The van der Waals surface area contributed by atoms with Crippen LogP contribution in [-0.4, -0.2) is 29.7 Å². The fourth-order valence-corrected chi connectivity index (χ4v) is 0.919. The molecule has 0 aliphatic heterocycles. The summed E-state index contributed by atoms with van der Waals surface area (Å²) >= 11 is 0. The van der Waals surface area contributed by atoms with Gasteiger partial charge in [-0.25, -0.2) is 4.79 Å². The van der Waals surface area contributed by atoms with E-state index in [4.69, 9.17) is 11.2 Å². The Kier molecular flexibility index (Phi) is 5.54. The largest absolute Gasteiger partial charge is 0.444 e. The standard InChI is InChI=1S/C12H19NO2/c1-6-8-10-13(9-7-2)11(14)15-12(3,4)5/h2,6H,1,8-10H2,3-5H3. The summed E-state index contributed by atoms with van der Waals surface area (Å²) in [5.74, 6) is 2.43. The molecule has 0 bridgehead atoms. The molecular weight excluding hydrogens is 190 g/mol. The van der Waals surface area contributed by atoms with Gasteiger partial charge in [0.2, 0.25) is 0 Å². The molecule has 0 aliphatic rings. The number of carbonyl (C=O) groups excluding carboxylic acids is 1. The lowest BCUT2D eigenvalue weighted by atomic mass is 10.2. The molecule has 1 amide bonds. The molecule has 0 fully saturated rings. The van der Waals surface area contributed by atoms with Gasteiger partial charge in [-0.15, -0.1) is 13.0 Å². The molecule has 0 radical (unpaired) electrons. The van der Waals surface area contributed by atoms with Gasteiger partial charge in [-0.05, 0) is 27.2 Å². The minimum atomic E-state index is -0.488. The van der Waals surface area contributed by atoms with E-state index in [1.807, 2.05) is 20.8 Å². The summed E-state index contributed by atoms with van der Waals surface area (Å²) in [7, 11) is 0. The number of rotatable bonds is 4. The van der Waals surface area contributed by atoms with Crippen LogP contribution in [-0.2, 0) is 4.74 Å². The first-order valence-electron chi connectivity index (χ1n) is 4.93. The van der Waals surface area contributed by atoms with Crippen molar-refractivity contribution < 1.29 is 9.53 Å². The lowest BCUT2D eigenvalue weighted by Gasteiger charge is -2.25. The number of ether oxygens (including phenoxy) is 1. The normalized spacial score (nSPS) is 10.3. The van der Waals surface area contributed by atoms with Gasteiger partial charge >= 0.3 is 6.09 Å². The Balaban J connectivity index is 4.29. The molecule has 0 aromatic carbocycles. The van der Waals surface area contributed by atoms with Crippen LogP contribution < -0.4 is 0 Å². The van der Waals surface area contributed by atoms with Gasteiger partial charge in [-0.3, -0.25) is 4.90 Å². The third kappa shape index (κ3) is 6.62. The zero-order valence-electron chi connectivity index (χ0n) is 9.75. The molecule has 0 N–H and O–H groups in total. The van der Waals surface area contributed by atoms with Crippen molar-refractivity contribution in [3.05, 3.63) is 12.7 Å². The summed E-state index contributed by atoms with van der Waals surface area (Å²) in [5.41, 5.74) is -0.488. The number of carbonyl (C=O) groups is 1. The smallest absolute Gasteiger partial charge is 0.411 e. The van der Waals surface area contributed by atoms with Gasteiger partial charge in [-0.1, -0.05) is 12.0 Å². The van der Waals surface area contributed by atoms with Gasteiger partial charge in [0.15, 0.2) is 0 Å². The molecule has 3 nitrogen and oxygen atoms in total. The molecule has 0 heterocycles. The van der Waals surface area contributed by atoms with Gasteiger partial charge in [-0.2, -0.15) is 0 Å². The van der Waals surface area contributed by atoms with Gasteiger partial charge in [0.05, 0.1) is 6.54 Å². The van der Waals surface area contributed by atoms with Gasteiger partial charge in [0, 0.05) is 6.54 Å². The molecule has 3 heteroatoms. The summed E-state index contributed by atoms with van der Waals surface area (Å²) in [6.07, 6.45) is 7.26. The molecule has 0 atom stereocenters. The van der Waals surface area contributed by atoms with E-state index < -0.39 is 5.60 Å². The van der Waals surface area contributed by atoms with Crippen LogP contribution in [0, 0.1) is 12.3 Å². The molecule has 0 spiro atoms. The van der Waals surface area contributed by atoms with E-state index in [0.29, 0.717) is 13.0 Å². The average Bonchev–Trinajstić information content (AvgIpc) is 2.09. The van der Waals surface area contributed by atoms with Crippen LogP contribution in [0.3, 0.4) is 0 Å². The summed E-state index contributed by atoms with van der Waals surface area (Å²) < 4.78 is 5.21. The number of terminal acetylenes is 1. The Morgan fingerprint density at radius 3 is 2.60 bits per heavy atom. The molecule has 0 aliphatic carbocycles. The maximum absolute atomic E-state index is 11.6. The molecule has 0 aromatic rings. The Labute approximate surface area is 92.1 Å². The molecule has 0 saturated heterocycles. The van der Waals surface area contributed by atoms with E-state index in [0.717, 1.165) is 0 Å². The summed E-state index contributed by atoms with van der Waals surface area (Å²) in [5, 5.41) is 0. The predicted molar refractivity (Wildman–Crippen MR) is 61.5 cm³/mol.